The largest absolute Gasteiger partial charge is 0.489 e. The first-order chi connectivity index (χ1) is 23.8. The molecule has 49 heavy (non-hydrogen) atoms. The number of hydrogen-bond donors (Lipinski definition) is 0. The van der Waals surface area contributed by atoms with Gasteiger partial charge in [-0.25, -0.2) is 14.0 Å². The Morgan fingerprint density at radius 1 is 0.939 bits per heavy atom. The summed E-state index contributed by atoms with van der Waals surface area (Å²) < 4.78 is 22.4. The van der Waals surface area contributed by atoms with E-state index >= 15 is 0 Å². The van der Waals surface area contributed by atoms with E-state index in [2.05, 4.69) is 43.3 Å². The van der Waals surface area contributed by atoms with Crippen molar-refractivity contribution in [3.63, 3.8) is 0 Å². The minimum Gasteiger partial charge on any atom is -0.489 e. The number of aromatic nitrogens is 6. The summed E-state index contributed by atoms with van der Waals surface area (Å²) in [5.74, 6) is -0.419. The Hall–Kier alpha value is -4.36. The van der Waals surface area contributed by atoms with Crippen LogP contribution in [0.5, 0.6) is 5.75 Å². The van der Waals surface area contributed by atoms with Crippen molar-refractivity contribution < 1.29 is 14.2 Å². The van der Waals surface area contributed by atoms with Gasteiger partial charge < -0.3 is 24.0 Å². The number of hydrogen-bond acceptors (Lipinski definition) is 9. The van der Waals surface area contributed by atoms with Gasteiger partial charge in [-0.1, -0.05) is 48.3 Å². The van der Waals surface area contributed by atoms with Gasteiger partial charge in [0.1, 0.15) is 31.3 Å². The van der Waals surface area contributed by atoms with Crippen LogP contribution in [-0.4, -0.2) is 74.8 Å². The maximum Gasteiger partial charge on any atom is 0.350 e. The van der Waals surface area contributed by atoms with Crippen LogP contribution in [0, 0.1) is 0 Å². The first-order valence-electron chi connectivity index (χ1n) is 16.4. The lowest BCUT2D eigenvalue weighted by Crippen LogP contribution is -2.46. The third-order valence-electron chi connectivity index (χ3n) is 9.12. The highest BCUT2D eigenvalue weighted by atomic mass is 35.5. The summed E-state index contributed by atoms with van der Waals surface area (Å²) >= 11 is 12.8. The highest BCUT2D eigenvalue weighted by Crippen LogP contribution is 2.41. The Morgan fingerprint density at radius 3 is 2.39 bits per heavy atom. The van der Waals surface area contributed by atoms with E-state index in [9.17, 15) is 4.79 Å². The van der Waals surface area contributed by atoms with Gasteiger partial charge in [-0.3, -0.25) is 0 Å². The Morgan fingerprint density at radius 2 is 1.65 bits per heavy atom. The lowest BCUT2D eigenvalue weighted by molar-refractivity contribution is -0.192. The van der Waals surface area contributed by atoms with Crippen LogP contribution >= 0.6 is 23.2 Å². The van der Waals surface area contributed by atoms with Crippen molar-refractivity contribution in [2.24, 2.45) is 0 Å². The summed E-state index contributed by atoms with van der Waals surface area (Å²) in [7, 11) is 0. The zero-order valence-corrected chi connectivity index (χ0v) is 28.9. The molecule has 5 aromatic rings. The average Bonchev–Trinajstić information content (AvgIpc) is 3.88. The summed E-state index contributed by atoms with van der Waals surface area (Å²) in [6.45, 7) is 8.15. The predicted octanol–water partition coefficient (Wildman–Crippen LogP) is 5.58. The molecular formula is C35H38Cl2N8O4. The third kappa shape index (κ3) is 6.91. The van der Waals surface area contributed by atoms with Crippen LogP contribution in [0.15, 0.2) is 90.2 Å². The van der Waals surface area contributed by atoms with Gasteiger partial charge >= 0.3 is 5.69 Å². The molecule has 2 aliphatic heterocycles. The standard InChI is InChI=1S/C35H38Cl2N8O4/c1-3-25(2)45-34(46)43(24-40-45)28-11-9-27(10-12-28)41-16-18-42(19-17-41)32-6-4-5-7-33(32)47-21-29-22-48-35(49-29,23-44-38-14-15-39-44)30-13-8-26(36)20-31(30)37/h4-15,20,24-25,29H,3,16-19,21-23H2,1-2H3/t25?,29-,35-/m1/s1. The molecule has 4 heterocycles. The molecule has 2 saturated heterocycles. The molecule has 0 aliphatic carbocycles. The molecule has 0 saturated carbocycles. The number of benzene rings is 3. The van der Waals surface area contributed by atoms with Crippen molar-refractivity contribution in [1.82, 2.24) is 29.3 Å². The Kier molecular flexibility index (Phi) is 9.64. The zero-order chi connectivity index (χ0) is 34.0. The van der Waals surface area contributed by atoms with E-state index in [4.69, 9.17) is 37.4 Å². The number of anilines is 2. The molecule has 7 rings (SSSR count). The average molecular weight is 706 g/mol. The van der Waals surface area contributed by atoms with Crippen LogP contribution in [0.2, 0.25) is 10.0 Å². The number of rotatable bonds is 11. The maximum absolute atomic E-state index is 12.9. The predicted molar refractivity (Wildman–Crippen MR) is 188 cm³/mol. The minimum absolute atomic E-state index is 0.0556. The molecule has 3 aromatic carbocycles. The molecule has 1 unspecified atom stereocenters. The van der Waals surface area contributed by atoms with Crippen LogP contribution in [0.4, 0.5) is 11.4 Å². The van der Waals surface area contributed by atoms with E-state index < -0.39 is 5.79 Å². The number of para-hydroxylation sites is 2. The number of nitrogens with zero attached hydrogens (tertiary/aromatic N) is 8. The summed E-state index contributed by atoms with van der Waals surface area (Å²) in [4.78, 5) is 19.1. The molecule has 2 fully saturated rings. The second-order valence-corrected chi connectivity index (χ2v) is 13.1. The van der Waals surface area contributed by atoms with Crippen LogP contribution in [0.3, 0.4) is 0 Å². The summed E-state index contributed by atoms with van der Waals surface area (Å²) in [6, 6.07) is 21.5. The Labute approximate surface area is 294 Å². The first kappa shape index (κ1) is 33.2. The van der Waals surface area contributed by atoms with E-state index in [0.29, 0.717) is 22.2 Å². The fraction of sp³-hybridized carbons (Fsp3) is 0.371. The van der Waals surface area contributed by atoms with Crippen LogP contribution in [0.1, 0.15) is 31.9 Å². The molecule has 0 amide bonds. The Balaban J connectivity index is 0.986. The van der Waals surface area contributed by atoms with E-state index in [-0.39, 0.29) is 31.0 Å². The van der Waals surface area contributed by atoms with Crippen LogP contribution in [-0.2, 0) is 21.8 Å². The molecule has 256 valence electrons. The topological polar surface area (TPSA) is 105 Å². The lowest BCUT2D eigenvalue weighted by atomic mass is 10.1. The quantitative estimate of drug-likeness (QED) is 0.174. The van der Waals surface area contributed by atoms with E-state index in [0.717, 1.165) is 55.4 Å². The van der Waals surface area contributed by atoms with E-state index in [1.807, 2.05) is 50.2 Å². The van der Waals surface area contributed by atoms with Crippen molar-refractivity contribution in [1.29, 1.82) is 0 Å². The van der Waals surface area contributed by atoms with Gasteiger partial charge in [-0.05, 0) is 61.9 Å². The molecule has 14 heteroatoms. The molecule has 0 spiro atoms. The van der Waals surface area contributed by atoms with Crippen LogP contribution < -0.4 is 20.2 Å². The first-order valence-corrected chi connectivity index (χ1v) is 17.2. The molecule has 0 N–H and O–H groups in total. The fourth-order valence-electron chi connectivity index (χ4n) is 6.29. The monoisotopic (exact) mass is 704 g/mol. The number of halogens is 2. The van der Waals surface area contributed by atoms with Gasteiger partial charge in [0.25, 0.3) is 0 Å². The van der Waals surface area contributed by atoms with Gasteiger partial charge in [0.15, 0.2) is 0 Å². The van der Waals surface area contributed by atoms with Crippen molar-refractivity contribution in [3.8, 4) is 11.4 Å². The molecular weight excluding hydrogens is 667 g/mol. The molecule has 0 bridgehead atoms. The molecule has 2 aliphatic rings. The fourth-order valence-corrected chi connectivity index (χ4v) is 6.84. The van der Waals surface area contributed by atoms with Crippen molar-refractivity contribution >= 4 is 34.6 Å². The second kappa shape index (κ2) is 14.2. The van der Waals surface area contributed by atoms with Crippen molar-refractivity contribution in [2.75, 3.05) is 49.2 Å². The SMILES string of the molecule is CCC(C)n1ncn(-c2ccc(N3CCN(c4ccccc4OC[C@@H]4CO[C@@](Cn5nccn5)(c5ccc(Cl)cc5Cl)O4)CC3)cc2)c1=O. The van der Waals surface area contributed by atoms with Gasteiger partial charge in [-0.15, -0.1) is 0 Å². The minimum atomic E-state index is -1.20. The molecule has 3 atom stereocenters. The van der Waals surface area contributed by atoms with Gasteiger partial charge in [0.05, 0.1) is 41.4 Å². The summed E-state index contributed by atoms with van der Waals surface area (Å²) in [5.41, 5.74) is 3.47. The highest BCUT2D eigenvalue weighted by molar-refractivity contribution is 6.35. The maximum atomic E-state index is 12.9. The third-order valence-corrected chi connectivity index (χ3v) is 9.67. The molecule has 0 radical (unpaired) electrons. The van der Waals surface area contributed by atoms with E-state index in [1.165, 1.54) is 9.48 Å². The van der Waals surface area contributed by atoms with Crippen molar-refractivity contribution in [2.45, 2.75) is 44.7 Å². The van der Waals surface area contributed by atoms with Gasteiger partial charge in [0.2, 0.25) is 5.79 Å². The van der Waals surface area contributed by atoms with Gasteiger partial charge in [0, 0.05) is 42.5 Å². The smallest absolute Gasteiger partial charge is 0.350 e. The molecule has 12 nitrogen and oxygen atoms in total. The zero-order valence-electron chi connectivity index (χ0n) is 27.4. The van der Waals surface area contributed by atoms with Crippen molar-refractivity contribution in [3.05, 3.63) is 112 Å². The second-order valence-electron chi connectivity index (χ2n) is 12.2. The number of ether oxygens (including phenoxy) is 3. The Bertz CT molecular complexity index is 1920. The number of piperazine rings is 1. The lowest BCUT2D eigenvalue weighted by Gasteiger charge is -2.38. The summed E-state index contributed by atoms with van der Waals surface area (Å²) in [5, 5.41) is 13.8. The molecule has 2 aromatic heterocycles. The van der Waals surface area contributed by atoms with Gasteiger partial charge in [-0.2, -0.15) is 20.1 Å². The van der Waals surface area contributed by atoms with E-state index in [1.54, 1.807) is 35.4 Å². The highest BCUT2D eigenvalue weighted by Gasteiger charge is 2.46. The van der Waals surface area contributed by atoms with Crippen LogP contribution in [0.25, 0.3) is 5.69 Å². The summed E-state index contributed by atoms with van der Waals surface area (Å²) in [6.07, 6.45) is 5.28. The normalized spacial score (nSPS) is 20.1.